The van der Waals surface area contributed by atoms with Crippen LogP contribution in [0.4, 0.5) is 0 Å². The van der Waals surface area contributed by atoms with Crippen LogP contribution in [0.1, 0.15) is 50.2 Å². The summed E-state index contributed by atoms with van der Waals surface area (Å²) < 4.78 is 0. The molecule has 0 aliphatic carbocycles. The molecule has 0 spiro atoms. The zero-order chi connectivity index (χ0) is 12.3. The summed E-state index contributed by atoms with van der Waals surface area (Å²) in [5, 5.41) is 0. The minimum atomic E-state index is 0.775. The van der Waals surface area contributed by atoms with Crippen LogP contribution in [-0.4, -0.2) is 6.54 Å². The fourth-order valence-corrected chi connectivity index (χ4v) is 1.89. The fourth-order valence-electron chi connectivity index (χ4n) is 1.89. The first-order chi connectivity index (χ1) is 8.36. The molecule has 0 aliphatic rings. The Morgan fingerprint density at radius 3 is 2.82 bits per heavy atom. The highest BCUT2D eigenvalue weighted by Gasteiger charge is 1.93. The van der Waals surface area contributed by atoms with Crippen molar-refractivity contribution in [2.45, 2.75) is 45.4 Å². The van der Waals surface area contributed by atoms with Gasteiger partial charge in [-0.1, -0.05) is 56.2 Å². The highest BCUT2D eigenvalue weighted by molar-refractivity contribution is 5.50. The molecule has 0 saturated heterocycles. The first kappa shape index (κ1) is 14.0. The Balaban J connectivity index is 2.41. The molecule has 0 saturated carbocycles. The second-order valence-electron chi connectivity index (χ2n) is 4.54. The lowest BCUT2D eigenvalue weighted by Crippen LogP contribution is -2.00. The van der Waals surface area contributed by atoms with E-state index in [-0.39, 0.29) is 0 Å². The molecule has 1 aromatic rings. The average Bonchev–Trinajstić information content (AvgIpc) is 2.37. The van der Waals surface area contributed by atoms with E-state index >= 15 is 0 Å². The molecule has 1 nitrogen and oxygen atoms in total. The number of nitrogens with two attached hydrogens (primary N) is 1. The molecular weight excluding hydrogens is 206 g/mol. The molecule has 0 radical (unpaired) electrons. The highest BCUT2D eigenvalue weighted by atomic mass is 14.5. The van der Waals surface area contributed by atoms with Crippen LogP contribution in [0.25, 0.3) is 6.08 Å². The van der Waals surface area contributed by atoms with Gasteiger partial charge in [-0.2, -0.15) is 0 Å². The van der Waals surface area contributed by atoms with Crippen molar-refractivity contribution < 1.29 is 0 Å². The van der Waals surface area contributed by atoms with Gasteiger partial charge in [0.25, 0.3) is 0 Å². The second kappa shape index (κ2) is 9.00. The number of rotatable bonds is 8. The Morgan fingerprint density at radius 1 is 1.18 bits per heavy atom. The van der Waals surface area contributed by atoms with Crippen molar-refractivity contribution in [3.05, 3.63) is 41.5 Å². The van der Waals surface area contributed by atoms with Gasteiger partial charge in [-0.05, 0) is 43.4 Å². The van der Waals surface area contributed by atoms with Crippen molar-refractivity contribution in [1.29, 1.82) is 0 Å². The Labute approximate surface area is 106 Å². The van der Waals surface area contributed by atoms with E-state index in [1.165, 1.54) is 36.8 Å². The third-order valence-corrected chi connectivity index (χ3v) is 2.91. The SMILES string of the molecule is CCCCC/C=C/c1cccc(CCCN)c1. The third kappa shape index (κ3) is 6.28. The molecule has 0 bridgehead atoms. The lowest BCUT2D eigenvalue weighted by Gasteiger charge is -2.01. The standard InChI is InChI=1S/C16H25N/c1-2-3-4-5-6-9-15-10-7-11-16(14-15)12-8-13-17/h6-7,9-11,14H,2-5,8,12-13,17H2,1H3/b9-6+. The van der Waals surface area contributed by atoms with Gasteiger partial charge >= 0.3 is 0 Å². The summed E-state index contributed by atoms with van der Waals surface area (Å²) in [5.41, 5.74) is 8.24. The summed E-state index contributed by atoms with van der Waals surface area (Å²) in [7, 11) is 0. The molecule has 1 heteroatoms. The molecule has 17 heavy (non-hydrogen) atoms. The molecule has 0 heterocycles. The van der Waals surface area contributed by atoms with Crippen molar-refractivity contribution in [2.24, 2.45) is 5.73 Å². The maximum absolute atomic E-state index is 5.53. The van der Waals surface area contributed by atoms with E-state index in [9.17, 15) is 0 Å². The van der Waals surface area contributed by atoms with E-state index in [4.69, 9.17) is 5.73 Å². The minimum absolute atomic E-state index is 0.775. The number of hydrogen-bond acceptors (Lipinski definition) is 1. The summed E-state index contributed by atoms with van der Waals surface area (Å²) in [6.07, 6.45) is 11.8. The van der Waals surface area contributed by atoms with Gasteiger partial charge in [0, 0.05) is 0 Å². The summed E-state index contributed by atoms with van der Waals surface area (Å²) in [6, 6.07) is 8.76. The van der Waals surface area contributed by atoms with Gasteiger partial charge in [0.2, 0.25) is 0 Å². The maximum atomic E-state index is 5.53. The quantitative estimate of drug-likeness (QED) is 0.668. The minimum Gasteiger partial charge on any atom is -0.330 e. The van der Waals surface area contributed by atoms with E-state index in [2.05, 4.69) is 43.3 Å². The summed E-state index contributed by atoms with van der Waals surface area (Å²) in [4.78, 5) is 0. The monoisotopic (exact) mass is 231 g/mol. The van der Waals surface area contributed by atoms with Crippen molar-refractivity contribution >= 4 is 6.08 Å². The van der Waals surface area contributed by atoms with Crippen LogP contribution >= 0.6 is 0 Å². The van der Waals surface area contributed by atoms with Gasteiger partial charge in [0.1, 0.15) is 0 Å². The van der Waals surface area contributed by atoms with E-state index in [0.29, 0.717) is 0 Å². The molecule has 0 fully saturated rings. The fraction of sp³-hybridized carbons (Fsp3) is 0.500. The lowest BCUT2D eigenvalue weighted by molar-refractivity contribution is 0.730. The van der Waals surface area contributed by atoms with Gasteiger partial charge in [-0.25, -0.2) is 0 Å². The molecular formula is C16H25N. The molecule has 94 valence electrons. The molecule has 0 unspecified atom stereocenters. The molecule has 1 aromatic carbocycles. The average molecular weight is 231 g/mol. The molecule has 2 N–H and O–H groups in total. The first-order valence-electron chi connectivity index (χ1n) is 6.82. The van der Waals surface area contributed by atoms with E-state index in [1.807, 2.05) is 0 Å². The van der Waals surface area contributed by atoms with Gasteiger partial charge in [-0.15, -0.1) is 0 Å². The number of unbranched alkanes of at least 4 members (excludes halogenated alkanes) is 3. The van der Waals surface area contributed by atoms with Crippen molar-refractivity contribution in [3.63, 3.8) is 0 Å². The number of allylic oxidation sites excluding steroid dienone is 1. The van der Waals surface area contributed by atoms with Crippen LogP contribution in [0.15, 0.2) is 30.3 Å². The van der Waals surface area contributed by atoms with Crippen LogP contribution in [0.5, 0.6) is 0 Å². The number of aryl methyl sites for hydroxylation is 1. The topological polar surface area (TPSA) is 26.0 Å². The first-order valence-corrected chi connectivity index (χ1v) is 6.82. The maximum Gasteiger partial charge on any atom is -0.00741 e. The summed E-state index contributed by atoms with van der Waals surface area (Å²) in [5.74, 6) is 0. The predicted octanol–water partition coefficient (Wildman–Crippen LogP) is 4.17. The molecule has 1 rings (SSSR count). The molecule has 0 atom stereocenters. The Bertz CT molecular complexity index is 328. The smallest absolute Gasteiger partial charge is 0.00741 e. The normalized spacial score (nSPS) is 11.2. The van der Waals surface area contributed by atoms with E-state index in [1.54, 1.807) is 0 Å². The second-order valence-corrected chi connectivity index (χ2v) is 4.54. The zero-order valence-corrected chi connectivity index (χ0v) is 11.0. The lowest BCUT2D eigenvalue weighted by atomic mass is 10.1. The zero-order valence-electron chi connectivity index (χ0n) is 11.0. The van der Waals surface area contributed by atoms with Crippen molar-refractivity contribution in [1.82, 2.24) is 0 Å². The largest absolute Gasteiger partial charge is 0.330 e. The van der Waals surface area contributed by atoms with E-state index in [0.717, 1.165) is 19.4 Å². The van der Waals surface area contributed by atoms with Gasteiger partial charge in [0.05, 0.1) is 0 Å². The summed E-state index contributed by atoms with van der Waals surface area (Å²) >= 11 is 0. The predicted molar refractivity (Wildman–Crippen MR) is 77.0 cm³/mol. The summed E-state index contributed by atoms with van der Waals surface area (Å²) in [6.45, 7) is 3.02. The van der Waals surface area contributed by atoms with Crippen LogP contribution in [0, 0.1) is 0 Å². The molecule has 0 amide bonds. The van der Waals surface area contributed by atoms with Crippen molar-refractivity contribution in [2.75, 3.05) is 6.54 Å². The van der Waals surface area contributed by atoms with Gasteiger partial charge < -0.3 is 5.73 Å². The van der Waals surface area contributed by atoms with Crippen molar-refractivity contribution in [3.8, 4) is 0 Å². The molecule has 0 aromatic heterocycles. The van der Waals surface area contributed by atoms with Crippen LogP contribution in [0.3, 0.4) is 0 Å². The van der Waals surface area contributed by atoms with Gasteiger partial charge in [0.15, 0.2) is 0 Å². The molecule has 0 aliphatic heterocycles. The Morgan fingerprint density at radius 2 is 2.06 bits per heavy atom. The number of benzene rings is 1. The van der Waals surface area contributed by atoms with Crippen LogP contribution in [-0.2, 0) is 6.42 Å². The van der Waals surface area contributed by atoms with Crippen LogP contribution in [0.2, 0.25) is 0 Å². The number of hydrogen-bond donors (Lipinski definition) is 1. The Kier molecular flexibility index (Phi) is 7.40. The van der Waals surface area contributed by atoms with Gasteiger partial charge in [-0.3, -0.25) is 0 Å². The van der Waals surface area contributed by atoms with Crippen LogP contribution < -0.4 is 5.73 Å². The Hall–Kier alpha value is -1.08. The van der Waals surface area contributed by atoms with E-state index < -0.39 is 0 Å². The highest BCUT2D eigenvalue weighted by Crippen LogP contribution is 2.10. The third-order valence-electron chi connectivity index (χ3n) is 2.91.